The van der Waals surface area contributed by atoms with Crippen LogP contribution in [0.25, 0.3) is 0 Å². The standard InChI is InChI=1S/C14H19NO5/c1-19-12-4-2-3-5-13(12)20-7-6-15-9-10(16)8-11(15)14(17)18/h2-5,10-11,16H,6-9H2,1H3,(H,17,18). The largest absolute Gasteiger partial charge is 0.493 e. The summed E-state index contributed by atoms with van der Waals surface area (Å²) in [4.78, 5) is 12.8. The number of carbonyl (C=O) groups is 1. The molecular weight excluding hydrogens is 262 g/mol. The second kappa shape index (κ2) is 6.58. The molecule has 6 heteroatoms. The van der Waals surface area contributed by atoms with E-state index in [1.54, 1.807) is 24.1 Å². The molecule has 1 aliphatic heterocycles. The minimum Gasteiger partial charge on any atom is -0.493 e. The van der Waals surface area contributed by atoms with E-state index in [0.717, 1.165) is 0 Å². The van der Waals surface area contributed by atoms with Gasteiger partial charge < -0.3 is 19.7 Å². The normalized spacial score (nSPS) is 22.7. The summed E-state index contributed by atoms with van der Waals surface area (Å²) < 4.78 is 10.8. The lowest BCUT2D eigenvalue weighted by molar-refractivity contribution is -0.142. The SMILES string of the molecule is COc1ccccc1OCCN1CC(O)CC1C(=O)O. The van der Waals surface area contributed by atoms with Gasteiger partial charge in [0.25, 0.3) is 0 Å². The molecule has 1 aromatic rings. The number of aliphatic hydroxyl groups is 1. The van der Waals surface area contributed by atoms with E-state index in [0.29, 0.717) is 31.2 Å². The number of benzene rings is 1. The zero-order chi connectivity index (χ0) is 14.5. The number of aliphatic carboxylic acids is 1. The van der Waals surface area contributed by atoms with Crippen LogP contribution in [0.2, 0.25) is 0 Å². The van der Waals surface area contributed by atoms with Gasteiger partial charge in [-0.15, -0.1) is 0 Å². The van der Waals surface area contributed by atoms with E-state index in [4.69, 9.17) is 14.6 Å². The quantitative estimate of drug-likeness (QED) is 0.794. The number of likely N-dealkylation sites (tertiary alicyclic amines) is 1. The van der Waals surface area contributed by atoms with Crippen LogP contribution >= 0.6 is 0 Å². The van der Waals surface area contributed by atoms with Crippen molar-refractivity contribution in [1.29, 1.82) is 0 Å². The average molecular weight is 281 g/mol. The molecule has 1 aliphatic rings. The second-order valence-electron chi connectivity index (χ2n) is 4.74. The maximum atomic E-state index is 11.1. The summed E-state index contributed by atoms with van der Waals surface area (Å²) in [5.74, 6) is 0.365. The summed E-state index contributed by atoms with van der Waals surface area (Å²) in [7, 11) is 1.57. The number of methoxy groups -OCH3 is 1. The highest BCUT2D eigenvalue weighted by atomic mass is 16.5. The van der Waals surface area contributed by atoms with Gasteiger partial charge in [0, 0.05) is 19.5 Å². The maximum Gasteiger partial charge on any atom is 0.321 e. The van der Waals surface area contributed by atoms with Crippen LogP contribution in [0.4, 0.5) is 0 Å². The molecule has 0 aromatic heterocycles. The Labute approximate surface area is 117 Å². The fraction of sp³-hybridized carbons (Fsp3) is 0.500. The van der Waals surface area contributed by atoms with E-state index in [2.05, 4.69) is 0 Å². The number of aliphatic hydroxyl groups excluding tert-OH is 1. The van der Waals surface area contributed by atoms with Gasteiger partial charge >= 0.3 is 5.97 Å². The Kier molecular flexibility index (Phi) is 4.81. The van der Waals surface area contributed by atoms with Crippen LogP contribution in [-0.2, 0) is 4.79 Å². The zero-order valence-electron chi connectivity index (χ0n) is 11.4. The number of nitrogens with zero attached hydrogens (tertiary/aromatic N) is 1. The Bertz CT molecular complexity index is 465. The lowest BCUT2D eigenvalue weighted by atomic mass is 10.2. The van der Waals surface area contributed by atoms with Crippen molar-refractivity contribution in [1.82, 2.24) is 4.90 Å². The predicted molar refractivity (Wildman–Crippen MR) is 72.1 cm³/mol. The van der Waals surface area contributed by atoms with Crippen molar-refractivity contribution in [2.24, 2.45) is 0 Å². The molecule has 0 saturated carbocycles. The highest BCUT2D eigenvalue weighted by Crippen LogP contribution is 2.26. The first kappa shape index (κ1) is 14.6. The van der Waals surface area contributed by atoms with Gasteiger partial charge in [0.1, 0.15) is 12.6 Å². The number of para-hydroxylation sites is 2. The van der Waals surface area contributed by atoms with E-state index in [1.807, 2.05) is 12.1 Å². The number of rotatable bonds is 6. The molecule has 1 heterocycles. The third kappa shape index (κ3) is 3.40. The van der Waals surface area contributed by atoms with Gasteiger partial charge in [0.2, 0.25) is 0 Å². The minimum atomic E-state index is -0.904. The predicted octanol–water partition coefficient (Wildman–Crippen LogP) is 0.594. The minimum absolute atomic E-state index is 0.268. The third-order valence-electron chi connectivity index (χ3n) is 3.37. The van der Waals surface area contributed by atoms with Gasteiger partial charge in [-0.1, -0.05) is 12.1 Å². The van der Waals surface area contributed by atoms with Gasteiger partial charge in [0.05, 0.1) is 13.2 Å². The van der Waals surface area contributed by atoms with Gasteiger partial charge in [-0.2, -0.15) is 0 Å². The van der Waals surface area contributed by atoms with E-state index >= 15 is 0 Å². The molecule has 1 aromatic carbocycles. The monoisotopic (exact) mass is 281 g/mol. The topological polar surface area (TPSA) is 79.2 Å². The molecule has 2 rings (SSSR count). The zero-order valence-corrected chi connectivity index (χ0v) is 11.4. The molecule has 1 fully saturated rings. The molecule has 2 unspecified atom stereocenters. The number of carboxylic acid groups (broad SMARTS) is 1. The summed E-state index contributed by atoms with van der Waals surface area (Å²) in [5.41, 5.74) is 0. The smallest absolute Gasteiger partial charge is 0.321 e. The van der Waals surface area contributed by atoms with Crippen LogP contribution in [0.15, 0.2) is 24.3 Å². The molecule has 0 spiro atoms. The second-order valence-corrected chi connectivity index (χ2v) is 4.74. The van der Waals surface area contributed by atoms with Crippen molar-refractivity contribution in [3.63, 3.8) is 0 Å². The summed E-state index contributed by atoms with van der Waals surface area (Å²) in [6.07, 6.45) is -0.313. The summed E-state index contributed by atoms with van der Waals surface area (Å²) >= 11 is 0. The fourth-order valence-corrected chi connectivity index (χ4v) is 2.39. The van der Waals surface area contributed by atoms with Crippen molar-refractivity contribution < 1.29 is 24.5 Å². The van der Waals surface area contributed by atoms with Crippen LogP contribution in [0, 0.1) is 0 Å². The highest BCUT2D eigenvalue weighted by molar-refractivity contribution is 5.74. The fourth-order valence-electron chi connectivity index (χ4n) is 2.39. The molecule has 110 valence electrons. The lowest BCUT2D eigenvalue weighted by Gasteiger charge is -2.21. The molecule has 0 aliphatic carbocycles. The summed E-state index contributed by atoms with van der Waals surface area (Å²) in [5, 5.41) is 18.6. The molecule has 0 bridgehead atoms. The van der Waals surface area contributed by atoms with E-state index in [-0.39, 0.29) is 6.42 Å². The van der Waals surface area contributed by atoms with E-state index in [1.165, 1.54) is 0 Å². The van der Waals surface area contributed by atoms with E-state index in [9.17, 15) is 9.90 Å². The molecule has 6 nitrogen and oxygen atoms in total. The van der Waals surface area contributed by atoms with Crippen LogP contribution in [0.5, 0.6) is 11.5 Å². The van der Waals surface area contributed by atoms with Crippen molar-refractivity contribution in [3.05, 3.63) is 24.3 Å². The van der Waals surface area contributed by atoms with Gasteiger partial charge in [-0.25, -0.2) is 0 Å². The molecule has 2 N–H and O–H groups in total. The summed E-state index contributed by atoms with van der Waals surface area (Å²) in [6.45, 7) is 1.16. The molecular formula is C14H19NO5. The van der Waals surface area contributed by atoms with E-state index < -0.39 is 18.1 Å². The molecule has 1 saturated heterocycles. The average Bonchev–Trinajstić information content (AvgIpc) is 2.81. The Morgan fingerprint density at radius 3 is 2.75 bits per heavy atom. The first-order chi connectivity index (χ1) is 9.61. The molecule has 20 heavy (non-hydrogen) atoms. The first-order valence-corrected chi connectivity index (χ1v) is 6.52. The third-order valence-corrected chi connectivity index (χ3v) is 3.37. The van der Waals surface area contributed by atoms with Gasteiger partial charge in [-0.05, 0) is 12.1 Å². The molecule has 0 radical (unpaired) electrons. The number of hydrogen-bond donors (Lipinski definition) is 2. The maximum absolute atomic E-state index is 11.1. The van der Waals surface area contributed by atoms with Crippen LogP contribution in [0.3, 0.4) is 0 Å². The van der Waals surface area contributed by atoms with Crippen molar-refractivity contribution in [3.8, 4) is 11.5 Å². The molecule has 0 amide bonds. The van der Waals surface area contributed by atoms with Crippen LogP contribution < -0.4 is 9.47 Å². The Balaban J connectivity index is 1.87. The van der Waals surface area contributed by atoms with Crippen LogP contribution in [-0.4, -0.2) is 60.0 Å². The van der Waals surface area contributed by atoms with Crippen molar-refractivity contribution in [2.75, 3.05) is 26.8 Å². The Morgan fingerprint density at radius 2 is 2.10 bits per heavy atom. The first-order valence-electron chi connectivity index (χ1n) is 6.52. The number of carboxylic acids is 1. The van der Waals surface area contributed by atoms with Crippen LogP contribution in [0.1, 0.15) is 6.42 Å². The van der Waals surface area contributed by atoms with Gasteiger partial charge in [0.15, 0.2) is 11.5 Å². The van der Waals surface area contributed by atoms with Gasteiger partial charge in [-0.3, -0.25) is 9.69 Å². The number of ether oxygens (including phenoxy) is 2. The number of hydrogen-bond acceptors (Lipinski definition) is 5. The highest BCUT2D eigenvalue weighted by Gasteiger charge is 2.35. The Morgan fingerprint density at radius 1 is 1.40 bits per heavy atom. The van der Waals surface area contributed by atoms with Crippen molar-refractivity contribution in [2.45, 2.75) is 18.6 Å². The van der Waals surface area contributed by atoms with Crippen molar-refractivity contribution >= 4 is 5.97 Å². The molecule has 2 atom stereocenters. The Hall–Kier alpha value is -1.79. The number of β-amino-alcohol motifs (C(OH)–C–C–N with tert-alkyl or cyclic N) is 1. The lowest BCUT2D eigenvalue weighted by Crippen LogP contribution is -2.38. The summed E-state index contributed by atoms with van der Waals surface area (Å²) in [6, 6.07) is 6.66.